The van der Waals surface area contributed by atoms with Crippen LogP contribution in [0.25, 0.3) is 0 Å². The lowest BCUT2D eigenvalue weighted by molar-refractivity contribution is -0.118. The van der Waals surface area contributed by atoms with E-state index < -0.39 is 0 Å². The van der Waals surface area contributed by atoms with Gasteiger partial charge in [0, 0.05) is 23.3 Å². The van der Waals surface area contributed by atoms with Gasteiger partial charge in [0.25, 0.3) is 0 Å². The van der Waals surface area contributed by atoms with Gasteiger partial charge in [-0.1, -0.05) is 13.8 Å². The summed E-state index contributed by atoms with van der Waals surface area (Å²) in [6, 6.07) is 8.16. The normalized spacial score (nSPS) is 10.6. The van der Waals surface area contributed by atoms with E-state index in [-0.39, 0.29) is 11.8 Å². The molecule has 16 heavy (non-hydrogen) atoms. The Hall–Kier alpha value is -1.51. The van der Waals surface area contributed by atoms with Crippen molar-refractivity contribution in [2.24, 2.45) is 5.92 Å². The summed E-state index contributed by atoms with van der Waals surface area (Å²) < 4.78 is 0. The van der Waals surface area contributed by atoms with Crippen molar-refractivity contribution in [3.8, 4) is 0 Å². The van der Waals surface area contributed by atoms with E-state index in [0.29, 0.717) is 6.04 Å². The molecule has 0 aliphatic carbocycles. The second kappa shape index (κ2) is 5.54. The van der Waals surface area contributed by atoms with Crippen molar-refractivity contribution < 1.29 is 4.79 Å². The molecule has 0 heterocycles. The Kier molecular flexibility index (Phi) is 4.35. The molecule has 0 radical (unpaired) electrons. The molecule has 88 valence electrons. The van der Waals surface area contributed by atoms with Gasteiger partial charge in [0.05, 0.1) is 0 Å². The highest BCUT2D eigenvalue weighted by atomic mass is 16.1. The Morgan fingerprint density at radius 3 is 1.94 bits per heavy atom. The molecule has 0 bridgehead atoms. The first-order valence-corrected chi connectivity index (χ1v) is 5.66. The molecule has 1 aromatic carbocycles. The number of benzene rings is 1. The van der Waals surface area contributed by atoms with Crippen molar-refractivity contribution >= 4 is 17.3 Å². The first kappa shape index (κ1) is 12.6. The van der Waals surface area contributed by atoms with Crippen molar-refractivity contribution in [2.45, 2.75) is 33.7 Å². The third-order valence-electron chi connectivity index (χ3n) is 2.13. The zero-order valence-corrected chi connectivity index (χ0v) is 10.4. The van der Waals surface area contributed by atoms with Crippen LogP contribution in [0.15, 0.2) is 24.3 Å². The van der Waals surface area contributed by atoms with Gasteiger partial charge in [-0.2, -0.15) is 0 Å². The molecule has 1 amide bonds. The Morgan fingerprint density at radius 1 is 1.00 bits per heavy atom. The molecule has 3 nitrogen and oxygen atoms in total. The summed E-state index contributed by atoms with van der Waals surface area (Å²) in [7, 11) is 0. The molecule has 2 N–H and O–H groups in total. The number of rotatable bonds is 4. The molecule has 1 rings (SSSR count). The molecule has 0 saturated heterocycles. The summed E-state index contributed by atoms with van der Waals surface area (Å²) in [5, 5.41) is 6.15. The van der Waals surface area contributed by atoms with E-state index in [1.54, 1.807) is 0 Å². The highest BCUT2D eigenvalue weighted by Gasteiger charge is 2.06. The van der Waals surface area contributed by atoms with Gasteiger partial charge in [0.2, 0.25) is 5.91 Å². The molecule has 0 fully saturated rings. The number of nitrogens with one attached hydrogen (secondary N) is 2. The molecular formula is C13H20N2O. The molecule has 0 saturated carbocycles. The van der Waals surface area contributed by atoms with Crippen LogP contribution in [-0.2, 0) is 4.79 Å². The first-order chi connectivity index (χ1) is 7.49. The number of carbonyl (C=O) groups excluding carboxylic acids is 1. The van der Waals surface area contributed by atoms with Gasteiger partial charge < -0.3 is 10.6 Å². The molecule has 3 heteroatoms. The van der Waals surface area contributed by atoms with Gasteiger partial charge in [0.1, 0.15) is 0 Å². The zero-order chi connectivity index (χ0) is 12.1. The number of carbonyl (C=O) groups is 1. The van der Waals surface area contributed by atoms with Crippen LogP contribution in [0.5, 0.6) is 0 Å². The molecule has 0 spiro atoms. The lowest BCUT2D eigenvalue weighted by Gasteiger charge is -2.11. The van der Waals surface area contributed by atoms with Gasteiger partial charge in [-0.15, -0.1) is 0 Å². The van der Waals surface area contributed by atoms with Crippen molar-refractivity contribution in [1.29, 1.82) is 0 Å². The van der Waals surface area contributed by atoms with E-state index in [1.807, 2.05) is 38.1 Å². The lowest BCUT2D eigenvalue weighted by atomic mass is 10.2. The van der Waals surface area contributed by atoms with E-state index in [0.717, 1.165) is 11.4 Å². The van der Waals surface area contributed by atoms with Gasteiger partial charge in [-0.3, -0.25) is 4.79 Å². The molecule has 0 atom stereocenters. The zero-order valence-electron chi connectivity index (χ0n) is 10.4. The van der Waals surface area contributed by atoms with Crippen LogP contribution in [0, 0.1) is 5.92 Å². The first-order valence-electron chi connectivity index (χ1n) is 5.66. The van der Waals surface area contributed by atoms with Gasteiger partial charge in [0.15, 0.2) is 0 Å². The second-order valence-electron chi connectivity index (χ2n) is 4.52. The number of hydrogen-bond acceptors (Lipinski definition) is 2. The van der Waals surface area contributed by atoms with E-state index in [2.05, 4.69) is 24.5 Å². The fourth-order valence-electron chi connectivity index (χ4n) is 1.27. The monoisotopic (exact) mass is 220 g/mol. The average molecular weight is 220 g/mol. The lowest BCUT2D eigenvalue weighted by Crippen LogP contribution is -2.17. The van der Waals surface area contributed by atoms with Crippen LogP contribution in [0.3, 0.4) is 0 Å². The van der Waals surface area contributed by atoms with Crippen molar-refractivity contribution in [3.63, 3.8) is 0 Å². The maximum atomic E-state index is 11.4. The molecule has 0 aliphatic rings. The van der Waals surface area contributed by atoms with Gasteiger partial charge >= 0.3 is 0 Å². The van der Waals surface area contributed by atoms with Crippen LogP contribution in [-0.4, -0.2) is 11.9 Å². The Labute approximate surface area is 97.2 Å². The van der Waals surface area contributed by atoms with Gasteiger partial charge in [-0.25, -0.2) is 0 Å². The minimum Gasteiger partial charge on any atom is -0.383 e. The van der Waals surface area contributed by atoms with Crippen LogP contribution in [0.2, 0.25) is 0 Å². The second-order valence-corrected chi connectivity index (χ2v) is 4.52. The summed E-state index contributed by atoms with van der Waals surface area (Å²) >= 11 is 0. The number of hydrogen-bond donors (Lipinski definition) is 2. The van der Waals surface area contributed by atoms with E-state index >= 15 is 0 Å². The molecule has 0 aliphatic heterocycles. The summed E-state index contributed by atoms with van der Waals surface area (Å²) in [6.45, 7) is 7.94. The molecule has 1 aromatic rings. The third kappa shape index (κ3) is 3.93. The number of anilines is 2. The Balaban J connectivity index is 2.61. The van der Waals surface area contributed by atoms with Crippen LogP contribution in [0.1, 0.15) is 27.7 Å². The fourth-order valence-corrected chi connectivity index (χ4v) is 1.27. The van der Waals surface area contributed by atoms with Crippen LogP contribution in [0.4, 0.5) is 11.4 Å². The predicted molar refractivity (Wildman–Crippen MR) is 68.7 cm³/mol. The number of amides is 1. The SMILES string of the molecule is CC(C)Nc1ccc(NC(=O)C(C)C)cc1. The maximum absolute atomic E-state index is 11.4. The van der Waals surface area contributed by atoms with Gasteiger partial charge in [-0.05, 0) is 38.1 Å². The van der Waals surface area contributed by atoms with E-state index in [4.69, 9.17) is 0 Å². The van der Waals surface area contributed by atoms with E-state index in [1.165, 1.54) is 0 Å². The Bertz CT molecular complexity index is 341. The fraction of sp³-hybridized carbons (Fsp3) is 0.462. The minimum atomic E-state index is 0.00784. The topological polar surface area (TPSA) is 41.1 Å². The molecule has 0 aromatic heterocycles. The standard InChI is InChI=1S/C13H20N2O/c1-9(2)13(16)15-12-7-5-11(6-8-12)14-10(3)4/h5-10,14H,1-4H3,(H,15,16). The quantitative estimate of drug-likeness (QED) is 0.818. The van der Waals surface area contributed by atoms with Crippen molar-refractivity contribution in [2.75, 3.05) is 10.6 Å². The van der Waals surface area contributed by atoms with Crippen LogP contribution >= 0.6 is 0 Å². The van der Waals surface area contributed by atoms with Crippen molar-refractivity contribution in [1.82, 2.24) is 0 Å². The molecular weight excluding hydrogens is 200 g/mol. The average Bonchev–Trinajstić information content (AvgIpc) is 2.20. The predicted octanol–water partition coefficient (Wildman–Crippen LogP) is 3.10. The van der Waals surface area contributed by atoms with Crippen molar-refractivity contribution in [3.05, 3.63) is 24.3 Å². The van der Waals surface area contributed by atoms with E-state index in [9.17, 15) is 4.79 Å². The third-order valence-corrected chi connectivity index (χ3v) is 2.13. The summed E-state index contributed by atoms with van der Waals surface area (Å²) in [4.78, 5) is 11.4. The van der Waals surface area contributed by atoms with Crippen LogP contribution < -0.4 is 10.6 Å². The summed E-state index contributed by atoms with van der Waals surface area (Å²) in [5.74, 6) is 0.0537. The highest BCUT2D eigenvalue weighted by molar-refractivity contribution is 5.92. The maximum Gasteiger partial charge on any atom is 0.226 e. The summed E-state index contributed by atoms with van der Waals surface area (Å²) in [5.41, 5.74) is 1.91. The smallest absolute Gasteiger partial charge is 0.226 e. The summed E-state index contributed by atoms with van der Waals surface area (Å²) in [6.07, 6.45) is 0. The minimum absolute atomic E-state index is 0.00784. The highest BCUT2D eigenvalue weighted by Crippen LogP contribution is 2.15. The molecule has 0 unspecified atom stereocenters. The Morgan fingerprint density at radius 2 is 1.50 bits per heavy atom. The largest absolute Gasteiger partial charge is 0.383 e.